The van der Waals surface area contributed by atoms with Gasteiger partial charge in [0.05, 0.1) is 19.6 Å². The Labute approximate surface area is 195 Å². The highest BCUT2D eigenvalue weighted by atomic mass is 32.2. The average Bonchev–Trinajstić information content (AvgIpc) is 3.47. The molecule has 1 aliphatic rings. The third-order valence-electron chi connectivity index (χ3n) is 5.41. The van der Waals surface area contributed by atoms with Crippen LogP contribution in [0.1, 0.15) is 4.88 Å². The molecule has 170 valence electrons. The molecule has 0 bridgehead atoms. The maximum absolute atomic E-state index is 12.8. The minimum atomic E-state index is -3.55. The number of nitrogens with one attached hydrogen (secondary N) is 1. The van der Waals surface area contributed by atoms with Gasteiger partial charge in [0.1, 0.15) is 15.6 Å². The van der Waals surface area contributed by atoms with E-state index in [1.54, 1.807) is 12.1 Å². The Morgan fingerprint density at radius 2 is 1.76 bits per heavy atom. The van der Waals surface area contributed by atoms with E-state index in [9.17, 15) is 13.2 Å². The predicted octanol–water partition coefficient (Wildman–Crippen LogP) is 4.36. The van der Waals surface area contributed by atoms with Gasteiger partial charge in [0.25, 0.3) is 10.0 Å². The van der Waals surface area contributed by atoms with E-state index in [2.05, 4.69) is 5.32 Å². The molecule has 5 rings (SSSR count). The SMILES string of the molecule is O=C(Cc1ccc(S(=O)(=O)N2CCOCC2)s1)Nc1ccc(-c2cc3ccccc3o2)cc1. The van der Waals surface area contributed by atoms with Gasteiger partial charge in [-0.25, -0.2) is 8.42 Å². The fourth-order valence-corrected chi connectivity index (χ4v) is 6.63. The Kier molecular flexibility index (Phi) is 6.03. The first-order valence-corrected chi connectivity index (χ1v) is 12.8. The van der Waals surface area contributed by atoms with Crippen molar-refractivity contribution in [1.82, 2.24) is 4.31 Å². The number of amides is 1. The van der Waals surface area contributed by atoms with Gasteiger partial charge in [-0.2, -0.15) is 4.31 Å². The predicted molar refractivity (Wildman–Crippen MR) is 128 cm³/mol. The zero-order valence-electron chi connectivity index (χ0n) is 17.7. The number of para-hydroxylation sites is 1. The standard InChI is InChI=1S/C24H22N2O5S2/c27-23(16-20-9-10-24(32-20)33(28,29)26-11-13-30-14-12-26)25-19-7-5-17(6-8-19)22-15-18-3-1-2-4-21(18)31-22/h1-10,15H,11-14,16H2,(H,25,27). The molecule has 9 heteroatoms. The molecule has 1 aliphatic heterocycles. The van der Waals surface area contributed by atoms with Gasteiger partial charge >= 0.3 is 0 Å². The first kappa shape index (κ1) is 21.8. The molecule has 1 fully saturated rings. The summed E-state index contributed by atoms with van der Waals surface area (Å²) in [6, 6.07) is 20.5. The van der Waals surface area contributed by atoms with E-state index < -0.39 is 10.0 Å². The van der Waals surface area contributed by atoms with E-state index in [1.165, 1.54) is 4.31 Å². The fourth-order valence-electron chi connectivity index (χ4n) is 3.71. The molecule has 0 radical (unpaired) electrons. The normalized spacial score (nSPS) is 15.0. The van der Waals surface area contributed by atoms with Crippen molar-refractivity contribution >= 4 is 43.9 Å². The molecule has 2 aromatic carbocycles. The summed E-state index contributed by atoms with van der Waals surface area (Å²) in [6.45, 7) is 1.49. The van der Waals surface area contributed by atoms with Crippen molar-refractivity contribution in [1.29, 1.82) is 0 Å². The Bertz CT molecular complexity index is 1350. The first-order chi connectivity index (χ1) is 16.0. The first-order valence-electron chi connectivity index (χ1n) is 10.5. The number of ether oxygens (including phenoxy) is 1. The van der Waals surface area contributed by atoms with Crippen LogP contribution in [-0.4, -0.2) is 44.9 Å². The van der Waals surface area contributed by atoms with E-state index >= 15 is 0 Å². The Morgan fingerprint density at radius 1 is 1.00 bits per heavy atom. The third kappa shape index (κ3) is 4.72. The van der Waals surface area contributed by atoms with Crippen LogP contribution in [0.2, 0.25) is 0 Å². The minimum absolute atomic E-state index is 0.106. The van der Waals surface area contributed by atoms with Crippen molar-refractivity contribution in [3.63, 3.8) is 0 Å². The molecular formula is C24H22N2O5S2. The fraction of sp³-hybridized carbons (Fsp3) is 0.208. The highest BCUT2D eigenvalue weighted by Gasteiger charge is 2.27. The second kappa shape index (κ2) is 9.11. The second-order valence-corrected chi connectivity index (χ2v) is 11.0. The summed E-state index contributed by atoms with van der Waals surface area (Å²) < 4.78 is 38.3. The second-order valence-electron chi connectivity index (χ2n) is 7.69. The molecular weight excluding hydrogens is 460 g/mol. The summed E-state index contributed by atoms with van der Waals surface area (Å²) in [5, 5.41) is 3.91. The summed E-state index contributed by atoms with van der Waals surface area (Å²) >= 11 is 1.13. The van der Waals surface area contributed by atoms with Crippen LogP contribution in [0.15, 0.2) is 75.4 Å². The van der Waals surface area contributed by atoms with Crippen LogP contribution in [0.5, 0.6) is 0 Å². The molecule has 0 saturated carbocycles. The quantitative estimate of drug-likeness (QED) is 0.441. The molecule has 33 heavy (non-hydrogen) atoms. The number of hydrogen-bond acceptors (Lipinski definition) is 6. The van der Waals surface area contributed by atoms with Crippen LogP contribution < -0.4 is 5.32 Å². The van der Waals surface area contributed by atoms with Crippen LogP contribution in [0.25, 0.3) is 22.3 Å². The van der Waals surface area contributed by atoms with Gasteiger partial charge in [0.15, 0.2) is 0 Å². The van der Waals surface area contributed by atoms with Gasteiger partial charge in [-0.3, -0.25) is 4.79 Å². The van der Waals surface area contributed by atoms with Crippen LogP contribution in [0.4, 0.5) is 5.69 Å². The molecule has 3 heterocycles. The molecule has 0 unspecified atom stereocenters. The zero-order valence-corrected chi connectivity index (χ0v) is 19.3. The molecule has 2 aromatic heterocycles. The van der Waals surface area contributed by atoms with E-state index in [0.29, 0.717) is 36.9 Å². The lowest BCUT2D eigenvalue weighted by Crippen LogP contribution is -2.40. The third-order valence-corrected chi connectivity index (χ3v) is 8.87. The van der Waals surface area contributed by atoms with Crippen LogP contribution in [0.3, 0.4) is 0 Å². The zero-order chi connectivity index (χ0) is 22.8. The smallest absolute Gasteiger partial charge is 0.252 e. The molecule has 1 N–H and O–H groups in total. The number of furan rings is 1. The van der Waals surface area contributed by atoms with Crippen molar-refractivity contribution in [3.05, 3.63) is 71.6 Å². The van der Waals surface area contributed by atoms with E-state index in [4.69, 9.17) is 9.15 Å². The maximum Gasteiger partial charge on any atom is 0.252 e. The average molecular weight is 483 g/mol. The van der Waals surface area contributed by atoms with E-state index in [-0.39, 0.29) is 16.5 Å². The van der Waals surface area contributed by atoms with Gasteiger partial charge in [-0.05, 0) is 48.5 Å². The number of morpholine rings is 1. The Hall–Kier alpha value is -2.98. The van der Waals surface area contributed by atoms with Crippen LogP contribution in [0, 0.1) is 0 Å². The molecule has 0 aliphatic carbocycles. The highest BCUT2D eigenvalue weighted by molar-refractivity contribution is 7.91. The lowest BCUT2D eigenvalue weighted by atomic mass is 10.1. The number of nitrogens with zero attached hydrogens (tertiary/aromatic N) is 1. The van der Waals surface area contributed by atoms with Crippen molar-refractivity contribution in [2.45, 2.75) is 10.6 Å². The van der Waals surface area contributed by atoms with E-state index in [1.807, 2.05) is 54.6 Å². The monoisotopic (exact) mass is 482 g/mol. The minimum Gasteiger partial charge on any atom is -0.456 e. The maximum atomic E-state index is 12.8. The number of anilines is 1. The number of hydrogen-bond donors (Lipinski definition) is 1. The van der Waals surface area contributed by atoms with Gasteiger partial charge in [0.2, 0.25) is 5.91 Å². The van der Waals surface area contributed by atoms with Crippen LogP contribution in [-0.2, 0) is 26.0 Å². The molecule has 1 saturated heterocycles. The number of rotatable bonds is 6. The number of carbonyl (C=O) groups is 1. The molecule has 0 spiro atoms. The highest BCUT2D eigenvalue weighted by Crippen LogP contribution is 2.29. The van der Waals surface area contributed by atoms with E-state index in [0.717, 1.165) is 33.6 Å². The summed E-state index contributed by atoms with van der Waals surface area (Å²) in [6.07, 6.45) is 0.106. The van der Waals surface area contributed by atoms with Crippen LogP contribution >= 0.6 is 11.3 Å². The number of fused-ring (bicyclic) bond motifs is 1. The number of sulfonamides is 1. The molecule has 1 amide bonds. The van der Waals surface area contributed by atoms with Gasteiger partial charge < -0.3 is 14.5 Å². The lowest BCUT2D eigenvalue weighted by molar-refractivity contribution is -0.115. The largest absolute Gasteiger partial charge is 0.456 e. The van der Waals surface area contributed by atoms with Crippen molar-refractivity contribution in [3.8, 4) is 11.3 Å². The number of thiophene rings is 1. The summed E-state index contributed by atoms with van der Waals surface area (Å²) in [4.78, 5) is 13.2. The molecule has 0 atom stereocenters. The summed E-state index contributed by atoms with van der Waals surface area (Å²) in [7, 11) is -3.55. The van der Waals surface area contributed by atoms with Gasteiger partial charge in [-0.1, -0.05) is 18.2 Å². The van der Waals surface area contributed by atoms with Crippen molar-refractivity contribution in [2.75, 3.05) is 31.6 Å². The van der Waals surface area contributed by atoms with Gasteiger partial charge in [-0.15, -0.1) is 11.3 Å². The van der Waals surface area contributed by atoms with Gasteiger partial charge in [0, 0.05) is 34.6 Å². The van der Waals surface area contributed by atoms with Crippen molar-refractivity contribution < 1.29 is 22.4 Å². The van der Waals surface area contributed by atoms with Crippen molar-refractivity contribution in [2.24, 2.45) is 0 Å². The Morgan fingerprint density at radius 3 is 2.52 bits per heavy atom. The number of benzene rings is 2. The topological polar surface area (TPSA) is 88.9 Å². The lowest BCUT2D eigenvalue weighted by Gasteiger charge is -2.25. The summed E-state index contributed by atoms with van der Waals surface area (Å²) in [5.41, 5.74) is 2.41. The Balaban J connectivity index is 1.22. The molecule has 7 nitrogen and oxygen atoms in total. The summed E-state index contributed by atoms with van der Waals surface area (Å²) in [5.74, 6) is 0.560. The number of carbonyl (C=O) groups excluding carboxylic acids is 1. The molecule has 4 aromatic rings.